The maximum atomic E-state index is 12.3. The van der Waals surface area contributed by atoms with E-state index < -0.39 is 12.7 Å². The first-order valence-corrected chi connectivity index (χ1v) is 6.43. The number of hydrogen-bond acceptors (Lipinski definition) is 2. The van der Waals surface area contributed by atoms with Crippen LogP contribution in [0, 0.1) is 0 Å². The highest BCUT2D eigenvalue weighted by atomic mass is 19.4. The maximum Gasteiger partial charge on any atom is 0.401 e. The van der Waals surface area contributed by atoms with Crippen LogP contribution in [0.4, 0.5) is 13.2 Å². The van der Waals surface area contributed by atoms with Gasteiger partial charge in [-0.1, -0.05) is 19.8 Å². The van der Waals surface area contributed by atoms with Gasteiger partial charge in [0.1, 0.15) is 0 Å². The van der Waals surface area contributed by atoms with Crippen molar-refractivity contribution in [2.24, 2.45) is 0 Å². The fraction of sp³-hybridized carbons (Fsp3) is 1.00. The van der Waals surface area contributed by atoms with Gasteiger partial charge in [0.2, 0.25) is 0 Å². The van der Waals surface area contributed by atoms with E-state index in [4.69, 9.17) is 0 Å². The second kappa shape index (κ2) is 9.71. The van der Waals surface area contributed by atoms with Crippen LogP contribution in [0.2, 0.25) is 0 Å². The van der Waals surface area contributed by atoms with Crippen molar-refractivity contribution in [1.82, 2.24) is 10.2 Å². The molecule has 0 aliphatic rings. The summed E-state index contributed by atoms with van der Waals surface area (Å²) in [6.45, 7) is 3.23. The summed E-state index contributed by atoms with van der Waals surface area (Å²) < 4.78 is 36.8. The van der Waals surface area contributed by atoms with Gasteiger partial charge in [-0.25, -0.2) is 0 Å². The van der Waals surface area contributed by atoms with Gasteiger partial charge in [-0.2, -0.15) is 13.2 Å². The van der Waals surface area contributed by atoms with Crippen LogP contribution in [-0.2, 0) is 0 Å². The van der Waals surface area contributed by atoms with E-state index in [-0.39, 0.29) is 0 Å². The molecule has 0 spiro atoms. The zero-order valence-electron chi connectivity index (χ0n) is 10.9. The largest absolute Gasteiger partial charge is 0.401 e. The van der Waals surface area contributed by atoms with Gasteiger partial charge in [-0.05, 0) is 45.9 Å². The molecule has 0 aliphatic carbocycles. The summed E-state index contributed by atoms with van der Waals surface area (Å²) in [6, 6.07) is 0. The molecule has 0 bridgehead atoms. The number of alkyl halides is 3. The molecule has 104 valence electrons. The molecule has 2 nitrogen and oxygen atoms in total. The van der Waals surface area contributed by atoms with E-state index in [9.17, 15) is 13.2 Å². The van der Waals surface area contributed by atoms with Crippen LogP contribution in [0.1, 0.15) is 39.0 Å². The van der Waals surface area contributed by atoms with Gasteiger partial charge in [-0.15, -0.1) is 0 Å². The summed E-state index contributed by atoms with van der Waals surface area (Å²) in [6.07, 6.45) is 0.771. The molecule has 0 rings (SSSR count). The maximum absolute atomic E-state index is 12.3. The molecule has 0 aromatic carbocycles. The quantitative estimate of drug-likeness (QED) is 0.603. The summed E-state index contributed by atoms with van der Waals surface area (Å²) in [4.78, 5) is 1.51. The van der Waals surface area contributed by atoms with E-state index in [1.54, 1.807) is 0 Å². The van der Waals surface area contributed by atoms with Crippen molar-refractivity contribution < 1.29 is 13.2 Å². The van der Waals surface area contributed by atoms with Crippen LogP contribution >= 0.6 is 0 Å². The molecule has 5 heteroatoms. The lowest BCUT2D eigenvalue weighted by Gasteiger charge is -2.22. The Morgan fingerprint density at radius 2 is 1.65 bits per heavy atom. The van der Waals surface area contributed by atoms with Crippen molar-refractivity contribution >= 4 is 0 Å². The van der Waals surface area contributed by atoms with Gasteiger partial charge in [0.05, 0.1) is 6.54 Å². The Morgan fingerprint density at radius 3 is 2.18 bits per heavy atom. The van der Waals surface area contributed by atoms with Crippen LogP contribution in [0.3, 0.4) is 0 Å². The minimum absolute atomic E-state index is 0.538. The second-order valence-electron chi connectivity index (χ2n) is 4.41. The normalized spacial score (nSPS) is 12.4. The first-order chi connectivity index (χ1) is 7.99. The van der Waals surface area contributed by atoms with Crippen molar-refractivity contribution in [3.8, 4) is 0 Å². The number of nitrogens with zero attached hydrogens (tertiary/aromatic N) is 1. The predicted octanol–water partition coefficient (Wildman–Crippen LogP) is 3.04. The summed E-state index contributed by atoms with van der Waals surface area (Å²) in [5.74, 6) is 0. The van der Waals surface area contributed by atoms with Gasteiger partial charge in [0, 0.05) is 0 Å². The Morgan fingerprint density at radius 1 is 1.00 bits per heavy atom. The molecule has 0 aromatic heterocycles. The smallest absolute Gasteiger partial charge is 0.320 e. The van der Waals surface area contributed by atoms with E-state index in [1.807, 2.05) is 14.0 Å². The van der Waals surface area contributed by atoms with Gasteiger partial charge in [0.25, 0.3) is 0 Å². The molecule has 0 radical (unpaired) electrons. The average Bonchev–Trinajstić information content (AvgIpc) is 2.21. The summed E-state index contributed by atoms with van der Waals surface area (Å²) in [5.41, 5.74) is 0. The zero-order chi connectivity index (χ0) is 13.1. The van der Waals surface area contributed by atoms with Crippen molar-refractivity contribution in [3.05, 3.63) is 0 Å². The van der Waals surface area contributed by atoms with Crippen LogP contribution < -0.4 is 5.32 Å². The molecule has 0 atom stereocenters. The topological polar surface area (TPSA) is 15.3 Å². The minimum atomic E-state index is -4.07. The molecule has 0 unspecified atom stereocenters. The van der Waals surface area contributed by atoms with E-state index in [0.717, 1.165) is 38.6 Å². The molecule has 0 saturated carbocycles. The highest BCUT2D eigenvalue weighted by Crippen LogP contribution is 2.17. The first kappa shape index (κ1) is 16.7. The molecule has 0 heterocycles. The lowest BCUT2D eigenvalue weighted by molar-refractivity contribution is -0.146. The highest BCUT2D eigenvalue weighted by Gasteiger charge is 2.29. The van der Waals surface area contributed by atoms with Gasteiger partial charge in [0.15, 0.2) is 0 Å². The average molecular weight is 254 g/mol. The molecular weight excluding hydrogens is 229 g/mol. The Hall–Kier alpha value is -0.290. The molecular formula is C12H25F3N2. The fourth-order valence-electron chi connectivity index (χ4n) is 1.83. The number of unbranched alkanes of at least 4 members (excludes halogenated alkanes) is 3. The van der Waals surface area contributed by atoms with Crippen molar-refractivity contribution in [2.75, 3.05) is 33.2 Å². The van der Waals surface area contributed by atoms with Crippen molar-refractivity contribution in [3.63, 3.8) is 0 Å². The fourth-order valence-corrected chi connectivity index (χ4v) is 1.83. The molecule has 1 N–H and O–H groups in total. The first-order valence-electron chi connectivity index (χ1n) is 6.43. The summed E-state index contributed by atoms with van der Waals surface area (Å²) >= 11 is 0. The van der Waals surface area contributed by atoms with Crippen LogP contribution in [0.15, 0.2) is 0 Å². The molecule has 0 aliphatic heterocycles. The van der Waals surface area contributed by atoms with E-state index in [1.165, 1.54) is 4.90 Å². The van der Waals surface area contributed by atoms with E-state index in [2.05, 4.69) is 5.32 Å². The molecule has 0 fully saturated rings. The Bertz CT molecular complexity index is 172. The number of halogens is 3. The van der Waals surface area contributed by atoms with Crippen molar-refractivity contribution in [2.45, 2.75) is 45.2 Å². The lowest BCUT2D eigenvalue weighted by atomic mass is 10.2. The SMILES string of the molecule is CCCN(CCCCCCNC)CC(F)(F)F. The van der Waals surface area contributed by atoms with Crippen LogP contribution in [-0.4, -0.2) is 44.3 Å². The van der Waals surface area contributed by atoms with Crippen LogP contribution in [0.25, 0.3) is 0 Å². The third-order valence-corrected chi connectivity index (χ3v) is 2.59. The molecule has 0 amide bonds. The summed E-state index contributed by atoms with van der Waals surface area (Å²) in [7, 11) is 1.91. The Kier molecular flexibility index (Phi) is 9.55. The van der Waals surface area contributed by atoms with Crippen molar-refractivity contribution in [1.29, 1.82) is 0 Å². The summed E-state index contributed by atoms with van der Waals surface area (Å²) in [5, 5.41) is 3.06. The second-order valence-corrected chi connectivity index (χ2v) is 4.41. The van der Waals surface area contributed by atoms with Gasteiger partial charge in [-0.3, -0.25) is 4.90 Å². The number of nitrogens with one attached hydrogen (secondary N) is 1. The third-order valence-electron chi connectivity index (χ3n) is 2.59. The molecule has 17 heavy (non-hydrogen) atoms. The van der Waals surface area contributed by atoms with E-state index >= 15 is 0 Å². The molecule has 0 aromatic rings. The van der Waals surface area contributed by atoms with Gasteiger partial charge < -0.3 is 5.32 Å². The number of rotatable bonds is 10. The zero-order valence-corrected chi connectivity index (χ0v) is 10.9. The molecule has 0 saturated heterocycles. The lowest BCUT2D eigenvalue weighted by Crippen LogP contribution is -2.35. The van der Waals surface area contributed by atoms with E-state index in [0.29, 0.717) is 13.1 Å². The predicted molar refractivity (Wildman–Crippen MR) is 65.2 cm³/mol. The van der Waals surface area contributed by atoms with Crippen LogP contribution in [0.5, 0.6) is 0 Å². The Labute approximate surface area is 103 Å². The Balaban J connectivity index is 3.63. The monoisotopic (exact) mass is 254 g/mol. The highest BCUT2D eigenvalue weighted by molar-refractivity contribution is 4.63. The number of hydrogen-bond donors (Lipinski definition) is 1. The minimum Gasteiger partial charge on any atom is -0.320 e. The third kappa shape index (κ3) is 12.0. The standard InChI is InChI=1S/C12H25F3N2/c1-3-9-17(11-12(13,14)15)10-7-5-4-6-8-16-2/h16H,3-11H2,1-2H3. The van der Waals surface area contributed by atoms with Gasteiger partial charge >= 0.3 is 6.18 Å².